The zero-order valence-electron chi connectivity index (χ0n) is 17.6. The standard InChI is InChI=1S/C24H34O6/c25-17-5-1-3-7-19-29-23(27)15-13-21-9-11-22(12-10-21)14-16-24(28)30-20-8-4-2-6-18-26/h9-16,25-26H,1-8,17-20H2/b15-13+,16-14+. The van der Waals surface area contributed by atoms with Crippen LogP contribution in [-0.4, -0.2) is 48.6 Å². The number of benzene rings is 1. The van der Waals surface area contributed by atoms with E-state index in [2.05, 4.69) is 0 Å². The second-order valence-electron chi connectivity index (χ2n) is 6.94. The number of ether oxygens (including phenoxy) is 2. The van der Waals surface area contributed by atoms with Gasteiger partial charge in [-0.15, -0.1) is 0 Å². The third-order valence-corrected chi connectivity index (χ3v) is 4.35. The van der Waals surface area contributed by atoms with E-state index in [1.165, 1.54) is 12.2 Å². The molecule has 0 unspecified atom stereocenters. The number of aliphatic hydroxyl groups is 2. The van der Waals surface area contributed by atoms with E-state index >= 15 is 0 Å². The molecule has 1 rings (SSSR count). The van der Waals surface area contributed by atoms with Crippen molar-refractivity contribution in [3.8, 4) is 0 Å². The van der Waals surface area contributed by atoms with Crippen LogP contribution >= 0.6 is 0 Å². The Bertz CT molecular complexity index is 591. The Morgan fingerprint density at radius 1 is 0.633 bits per heavy atom. The van der Waals surface area contributed by atoms with Gasteiger partial charge in [0, 0.05) is 25.4 Å². The highest BCUT2D eigenvalue weighted by Crippen LogP contribution is 2.09. The van der Waals surface area contributed by atoms with Crippen molar-refractivity contribution in [1.29, 1.82) is 0 Å². The predicted molar refractivity (Wildman–Crippen MR) is 118 cm³/mol. The first kappa shape index (κ1) is 25.6. The number of rotatable bonds is 16. The summed E-state index contributed by atoms with van der Waals surface area (Å²) in [4.78, 5) is 23.4. The van der Waals surface area contributed by atoms with Gasteiger partial charge in [0.05, 0.1) is 13.2 Å². The lowest BCUT2D eigenvalue weighted by Gasteiger charge is -2.02. The van der Waals surface area contributed by atoms with E-state index in [1.807, 2.05) is 24.3 Å². The maximum absolute atomic E-state index is 11.7. The van der Waals surface area contributed by atoms with Gasteiger partial charge in [0.1, 0.15) is 0 Å². The third kappa shape index (κ3) is 13.7. The van der Waals surface area contributed by atoms with Crippen molar-refractivity contribution >= 4 is 24.1 Å². The molecule has 6 heteroatoms. The average Bonchev–Trinajstić information content (AvgIpc) is 2.76. The highest BCUT2D eigenvalue weighted by Gasteiger charge is 1.99. The van der Waals surface area contributed by atoms with E-state index in [0.29, 0.717) is 13.2 Å². The quantitative estimate of drug-likeness (QED) is 0.240. The van der Waals surface area contributed by atoms with Gasteiger partial charge in [0.25, 0.3) is 0 Å². The van der Waals surface area contributed by atoms with Crippen LogP contribution in [0.15, 0.2) is 36.4 Å². The van der Waals surface area contributed by atoms with Gasteiger partial charge in [-0.05, 0) is 61.8 Å². The fourth-order valence-corrected chi connectivity index (χ4v) is 2.62. The van der Waals surface area contributed by atoms with Gasteiger partial charge >= 0.3 is 11.9 Å². The molecule has 0 aliphatic heterocycles. The number of hydrogen-bond donors (Lipinski definition) is 2. The second kappa shape index (κ2) is 17.4. The maximum Gasteiger partial charge on any atom is 0.330 e. The molecular formula is C24H34O6. The van der Waals surface area contributed by atoms with Crippen molar-refractivity contribution in [2.24, 2.45) is 0 Å². The number of unbranched alkanes of at least 4 members (excludes halogenated alkanes) is 6. The molecule has 1 aromatic carbocycles. The number of aliphatic hydroxyl groups excluding tert-OH is 2. The Morgan fingerprint density at radius 2 is 1.00 bits per heavy atom. The fourth-order valence-electron chi connectivity index (χ4n) is 2.62. The highest BCUT2D eigenvalue weighted by molar-refractivity contribution is 5.88. The van der Waals surface area contributed by atoms with Gasteiger partial charge in [-0.3, -0.25) is 0 Å². The van der Waals surface area contributed by atoms with Crippen LogP contribution < -0.4 is 0 Å². The Balaban J connectivity index is 2.26. The minimum Gasteiger partial charge on any atom is -0.463 e. The van der Waals surface area contributed by atoms with E-state index in [4.69, 9.17) is 19.7 Å². The molecule has 6 nitrogen and oxygen atoms in total. The van der Waals surface area contributed by atoms with Crippen molar-refractivity contribution in [2.75, 3.05) is 26.4 Å². The Kier molecular flexibility index (Phi) is 14.9. The van der Waals surface area contributed by atoms with Crippen LogP contribution in [0.4, 0.5) is 0 Å². The molecule has 0 radical (unpaired) electrons. The minimum atomic E-state index is -0.375. The average molecular weight is 419 g/mol. The molecule has 0 aliphatic rings. The van der Waals surface area contributed by atoms with Gasteiger partial charge in [0.15, 0.2) is 0 Å². The van der Waals surface area contributed by atoms with Crippen LogP contribution in [0, 0.1) is 0 Å². The number of esters is 2. The van der Waals surface area contributed by atoms with Crippen molar-refractivity contribution in [1.82, 2.24) is 0 Å². The molecule has 0 saturated carbocycles. The predicted octanol–water partition coefficient (Wildman–Crippen LogP) is 3.90. The van der Waals surface area contributed by atoms with Gasteiger partial charge in [-0.25, -0.2) is 9.59 Å². The Hall–Kier alpha value is -2.44. The molecule has 0 bridgehead atoms. The van der Waals surface area contributed by atoms with E-state index in [-0.39, 0.29) is 25.2 Å². The summed E-state index contributed by atoms with van der Waals surface area (Å²) in [6.45, 7) is 1.18. The molecule has 0 heterocycles. The summed E-state index contributed by atoms with van der Waals surface area (Å²) in [5.41, 5.74) is 1.72. The molecule has 166 valence electrons. The maximum atomic E-state index is 11.7. The molecule has 30 heavy (non-hydrogen) atoms. The number of carbonyl (C=O) groups excluding carboxylic acids is 2. The van der Waals surface area contributed by atoms with Crippen molar-refractivity contribution in [3.63, 3.8) is 0 Å². The van der Waals surface area contributed by atoms with E-state index in [0.717, 1.165) is 62.5 Å². The normalized spacial score (nSPS) is 11.3. The van der Waals surface area contributed by atoms with Gasteiger partial charge < -0.3 is 19.7 Å². The highest BCUT2D eigenvalue weighted by atomic mass is 16.5. The molecule has 0 atom stereocenters. The summed E-state index contributed by atoms with van der Waals surface area (Å²) >= 11 is 0. The first-order chi connectivity index (χ1) is 14.7. The van der Waals surface area contributed by atoms with E-state index in [1.54, 1.807) is 12.2 Å². The molecule has 0 fully saturated rings. The van der Waals surface area contributed by atoms with Gasteiger partial charge in [-0.2, -0.15) is 0 Å². The van der Waals surface area contributed by atoms with Crippen molar-refractivity contribution in [2.45, 2.75) is 51.4 Å². The zero-order chi connectivity index (χ0) is 21.9. The lowest BCUT2D eigenvalue weighted by molar-refractivity contribution is -0.138. The molecular weight excluding hydrogens is 384 g/mol. The summed E-state index contributed by atoms with van der Waals surface area (Å²) in [7, 11) is 0. The van der Waals surface area contributed by atoms with Crippen LogP contribution in [0.2, 0.25) is 0 Å². The molecule has 0 aromatic heterocycles. The topological polar surface area (TPSA) is 93.1 Å². The fraction of sp³-hybridized carbons (Fsp3) is 0.500. The summed E-state index contributed by atoms with van der Waals surface area (Å²) in [6, 6.07) is 7.41. The van der Waals surface area contributed by atoms with Gasteiger partial charge in [-0.1, -0.05) is 37.1 Å². The first-order valence-electron chi connectivity index (χ1n) is 10.7. The lowest BCUT2D eigenvalue weighted by atomic mass is 10.1. The first-order valence-corrected chi connectivity index (χ1v) is 10.7. The SMILES string of the molecule is O=C(/C=C/c1ccc(/C=C/C(=O)OCCCCCCO)cc1)OCCCCCCO. The van der Waals surface area contributed by atoms with Crippen LogP contribution in [0.25, 0.3) is 12.2 Å². The smallest absolute Gasteiger partial charge is 0.330 e. The molecule has 0 spiro atoms. The van der Waals surface area contributed by atoms with Crippen LogP contribution in [0.1, 0.15) is 62.5 Å². The lowest BCUT2D eigenvalue weighted by Crippen LogP contribution is -2.02. The molecule has 2 N–H and O–H groups in total. The van der Waals surface area contributed by atoms with Gasteiger partial charge in [0.2, 0.25) is 0 Å². The van der Waals surface area contributed by atoms with Crippen LogP contribution in [-0.2, 0) is 19.1 Å². The molecule has 0 aliphatic carbocycles. The molecule has 1 aromatic rings. The number of hydrogen-bond acceptors (Lipinski definition) is 6. The van der Waals surface area contributed by atoms with E-state index < -0.39 is 0 Å². The van der Waals surface area contributed by atoms with Crippen LogP contribution in [0.3, 0.4) is 0 Å². The summed E-state index contributed by atoms with van der Waals surface area (Å²) in [5, 5.41) is 17.4. The van der Waals surface area contributed by atoms with E-state index in [9.17, 15) is 9.59 Å². The molecule has 0 saturated heterocycles. The van der Waals surface area contributed by atoms with Crippen molar-refractivity contribution in [3.05, 3.63) is 47.5 Å². The Labute approximate surface area is 179 Å². The summed E-state index contributed by atoms with van der Waals surface area (Å²) < 4.78 is 10.3. The Morgan fingerprint density at radius 3 is 1.37 bits per heavy atom. The number of carbonyl (C=O) groups is 2. The third-order valence-electron chi connectivity index (χ3n) is 4.35. The zero-order valence-corrected chi connectivity index (χ0v) is 17.6. The minimum absolute atomic E-state index is 0.202. The summed E-state index contributed by atoms with van der Waals surface area (Å²) in [6.07, 6.45) is 13.1. The monoisotopic (exact) mass is 418 g/mol. The largest absolute Gasteiger partial charge is 0.463 e. The summed E-state index contributed by atoms with van der Waals surface area (Å²) in [5.74, 6) is -0.750. The second-order valence-corrected chi connectivity index (χ2v) is 6.94. The molecule has 0 amide bonds. The van der Waals surface area contributed by atoms with Crippen molar-refractivity contribution < 1.29 is 29.3 Å². The van der Waals surface area contributed by atoms with Crippen LogP contribution in [0.5, 0.6) is 0 Å².